The molecule has 2 aliphatic rings. The molecule has 0 aromatic rings. The fraction of sp³-hybridized carbons (Fsp3) is 0.824. The molecular formula is C17H28O2. The number of carbonyl (C=O) groups is 1. The normalized spacial score (nSPS) is 38.3. The van der Waals surface area contributed by atoms with Gasteiger partial charge in [0.25, 0.3) is 0 Å². The van der Waals surface area contributed by atoms with Crippen molar-refractivity contribution < 1.29 is 9.53 Å². The van der Waals surface area contributed by atoms with E-state index in [-0.39, 0.29) is 12.1 Å². The highest BCUT2D eigenvalue weighted by Crippen LogP contribution is 2.54. The van der Waals surface area contributed by atoms with Crippen LogP contribution in [0.4, 0.5) is 0 Å². The molecular weight excluding hydrogens is 236 g/mol. The van der Waals surface area contributed by atoms with Gasteiger partial charge in [0.15, 0.2) is 0 Å². The summed E-state index contributed by atoms with van der Waals surface area (Å²) in [5, 5.41) is 0. The molecule has 1 fully saturated rings. The van der Waals surface area contributed by atoms with Crippen LogP contribution in [0.15, 0.2) is 11.6 Å². The first-order chi connectivity index (χ1) is 8.97. The number of carbonyl (C=O) groups excluding carboxylic acids is 1. The average Bonchev–Trinajstić information content (AvgIpc) is 2.34. The summed E-state index contributed by atoms with van der Waals surface area (Å²) in [4.78, 5) is 11.1. The average molecular weight is 264 g/mol. The van der Waals surface area contributed by atoms with E-state index < -0.39 is 0 Å². The van der Waals surface area contributed by atoms with E-state index in [1.54, 1.807) is 5.57 Å². The van der Waals surface area contributed by atoms with Crippen molar-refractivity contribution in [2.75, 3.05) is 0 Å². The van der Waals surface area contributed by atoms with Gasteiger partial charge in [0.1, 0.15) is 6.10 Å². The van der Waals surface area contributed by atoms with Gasteiger partial charge in [-0.2, -0.15) is 0 Å². The zero-order valence-electron chi connectivity index (χ0n) is 12.9. The lowest BCUT2D eigenvalue weighted by Gasteiger charge is -2.50. The molecule has 2 unspecified atom stereocenters. The van der Waals surface area contributed by atoms with Crippen molar-refractivity contribution in [3.8, 4) is 0 Å². The molecule has 1 saturated carbocycles. The van der Waals surface area contributed by atoms with Gasteiger partial charge in [-0.1, -0.05) is 38.8 Å². The molecule has 0 radical (unpaired) electrons. The molecule has 0 N–H and O–H groups in total. The first-order valence-electron chi connectivity index (χ1n) is 7.84. The Morgan fingerprint density at radius 3 is 2.89 bits per heavy atom. The summed E-state index contributed by atoms with van der Waals surface area (Å²) in [6, 6.07) is 0. The number of rotatable bonds is 3. The maximum Gasteiger partial charge on any atom is 0.302 e. The molecule has 2 aliphatic carbocycles. The van der Waals surface area contributed by atoms with Crippen LogP contribution < -0.4 is 0 Å². The van der Waals surface area contributed by atoms with E-state index >= 15 is 0 Å². The Balaban J connectivity index is 2.15. The van der Waals surface area contributed by atoms with Crippen molar-refractivity contribution in [1.82, 2.24) is 0 Å². The Hall–Kier alpha value is -0.790. The van der Waals surface area contributed by atoms with Crippen LogP contribution >= 0.6 is 0 Å². The predicted octanol–water partition coefficient (Wildman–Crippen LogP) is 4.49. The molecule has 0 aliphatic heterocycles. The molecule has 0 bridgehead atoms. The standard InChI is InChI=1S/C17H28O2/c1-5-6-16-12(2)7-8-14-11-15(19-13(3)18)9-10-17(14,16)4/h8,12,15-16H,5-7,9-11H2,1-4H3/t12?,15-,16?,17-/m0/s1. The van der Waals surface area contributed by atoms with Crippen LogP contribution in [0, 0.1) is 17.3 Å². The topological polar surface area (TPSA) is 26.3 Å². The second-order valence-electron chi connectivity index (χ2n) is 6.73. The SMILES string of the molecule is CCCC1C(C)CC=C2C[C@@H](OC(C)=O)CC[C@@]21C. The lowest BCUT2D eigenvalue weighted by atomic mass is 9.56. The minimum atomic E-state index is -0.136. The van der Waals surface area contributed by atoms with Gasteiger partial charge in [-0.05, 0) is 42.9 Å². The van der Waals surface area contributed by atoms with E-state index in [9.17, 15) is 4.79 Å². The van der Waals surface area contributed by atoms with Crippen LogP contribution in [0.5, 0.6) is 0 Å². The minimum absolute atomic E-state index is 0.118. The first kappa shape index (κ1) is 14.6. The molecule has 0 saturated heterocycles. The maximum atomic E-state index is 11.1. The maximum absolute atomic E-state index is 11.1. The van der Waals surface area contributed by atoms with Gasteiger partial charge in [-0.15, -0.1) is 0 Å². The second kappa shape index (κ2) is 5.68. The van der Waals surface area contributed by atoms with Crippen LogP contribution in [-0.2, 0) is 9.53 Å². The van der Waals surface area contributed by atoms with Crippen molar-refractivity contribution >= 4 is 5.97 Å². The van der Waals surface area contributed by atoms with Gasteiger partial charge < -0.3 is 4.74 Å². The van der Waals surface area contributed by atoms with Gasteiger partial charge in [0, 0.05) is 13.3 Å². The van der Waals surface area contributed by atoms with E-state index in [0.29, 0.717) is 5.41 Å². The largest absolute Gasteiger partial charge is 0.462 e. The van der Waals surface area contributed by atoms with Crippen LogP contribution in [0.25, 0.3) is 0 Å². The van der Waals surface area contributed by atoms with Crippen LogP contribution in [-0.4, -0.2) is 12.1 Å². The number of hydrogen-bond donors (Lipinski definition) is 0. The van der Waals surface area contributed by atoms with Gasteiger partial charge in [0.2, 0.25) is 0 Å². The molecule has 0 aromatic heterocycles. The molecule has 2 rings (SSSR count). The second-order valence-corrected chi connectivity index (χ2v) is 6.73. The summed E-state index contributed by atoms with van der Waals surface area (Å²) in [5.74, 6) is 1.46. The fourth-order valence-corrected chi connectivity index (χ4v) is 4.31. The third-order valence-corrected chi connectivity index (χ3v) is 5.34. The Labute approximate surface area is 117 Å². The molecule has 0 aromatic carbocycles. The molecule has 2 nitrogen and oxygen atoms in total. The Morgan fingerprint density at radius 1 is 1.53 bits per heavy atom. The van der Waals surface area contributed by atoms with E-state index in [1.165, 1.54) is 32.6 Å². The lowest BCUT2D eigenvalue weighted by Crippen LogP contribution is -2.42. The Morgan fingerprint density at radius 2 is 2.26 bits per heavy atom. The molecule has 19 heavy (non-hydrogen) atoms. The summed E-state index contributed by atoms with van der Waals surface area (Å²) < 4.78 is 5.43. The number of hydrogen-bond acceptors (Lipinski definition) is 2. The van der Waals surface area contributed by atoms with Gasteiger partial charge in [-0.25, -0.2) is 0 Å². The molecule has 0 amide bonds. The third-order valence-electron chi connectivity index (χ3n) is 5.34. The molecule has 0 spiro atoms. The summed E-state index contributed by atoms with van der Waals surface area (Å²) in [7, 11) is 0. The zero-order chi connectivity index (χ0) is 14.0. The molecule has 2 heteroatoms. The Kier molecular flexibility index (Phi) is 4.37. The molecule has 108 valence electrons. The number of esters is 1. The van der Waals surface area contributed by atoms with Gasteiger partial charge in [0.05, 0.1) is 0 Å². The van der Waals surface area contributed by atoms with Crippen LogP contribution in [0.1, 0.15) is 66.2 Å². The third kappa shape index (κ3) is 2.88. The smallest absolute Gasteiger partial charge is 0.302 e. The predicted molar refractivity (Wildman–Crippen MR) is 77.8 cm³/mol. The van der Waals surface area contributed by atoms with Crippen molar-refractivity contribution in [3.63, 3.8) is 0 Å². The van der Waals surface area contributed by atoms with Gasteiger partial charge >= 0.3 is 5.97 Å². The van der Waals surface area contributed by atoms with Crippen molar-refractivity contribution in [3.05, 3.63) is 11.6 Å². The van der Waals surface area contributed by atoms with Crippen LogP contribution in [0.3, 0.4) is 0 Å². The number of allylic oxidation sites excluding steroid dienone is 1. The van der Waals surface area contributed by atoms with E-state index in [0.717, 1.165) is 24.7 Å². The highest BCUT2D eigenvalue weighted by Gasteiger charge is 2.45. The number of ether oxygens (including phenoxy) is 1. The monoisotopic (exact) mass is 264 g/mol. The fourth-order valence-electron chi connectivity index (χ4n) is 4.31. The highest BCUT2D eigenvalue weighted by molar-refractivity contribution is 5.66. The van der Waals surface area contributed by atoms with Crippen LogP contribution in [0.2, 0.25) is 0 Å². The highest BCUT2D eigenvalue weighted by atomic mass is 16.5. The molecule has 0 heterocycles. The quantitative estimate of drug-likeness (QED) is 0.554. The summed E-state index contributed by atoms with van der Waals surface area (Å²) in [6.45, 7) is 8.65. The zero-order valence-corrected chi connectivity index (χ0v) is 12.9. The van der Waals surface area contributed by atoms with Gasteiger partial charge in [-0.3, -0.25) is 4.79 Å². The van der Waals surface area contributed by atoms with Crippen molar-refractivity contribution in [2.45, 2.75) is 72.3 Å². The molecule has 4 atom stereocenters. The van der Waals surface area contributed by atoms with Crippen molar-refractivity contribution in [2.24, 2.45) is 17.3 Å². The van der Waals surface area contributed by atoms with E-state index in [2.05, 4.69) is 26.8 Å². The summed E-state index contributed by atoms with van der Waals surface area (Å²) >= 11 is 0. The van der Waals surface area contributed by atoms with Crippen molar-refractivity contribution in [1.29, 1.82) is 0 Å². The summed E-state index contributed by atoms with van der Waals surface area (Å²) in [5.41, 5.74) is 1.91. The lowest BCUT2D eigenvalue weighted by molar-refractivity contribution is -0.148. The first-order valence-corrected chi connectivity index (χ1v) is 7.84. The van der Waals surface area contributed by atoms with E-state index in [1.807, 2.05) is 0 Å². The summed E-state index contributed by atoms with van der Waals surface area (Å²) in [6.07, 6.45) is 9.51. The Bertz CT molecular complexity index is 371. The minimum Gasteiger partial charge on any atom is -0.462 e. The number of fused-ring (bicyclic) bond motifs is 1. The van der Waals surface area contributed by atoms with E-state index in [4.69, 9.17) is 4.74 Å².